The van der Waals surface area contributed by atoms with Crippen molar-refractivity contribution in [2.45, 2.75) is 11.3 Å². The third-order valence-corrected chi connectivity index (χ3v) is 5.14. The second kappa shape index (κ2) is 5.75. The number of aliphatic imine (C=N–C) groups is 1. The molecule has 9 heteroatoms. The molecule has 1 aromatic rings. The zero-order valence-corrected chi connectivity index (χ0v) is 13.2. The Hall–Kier alpha value is -1.84. The van der Waals surface area contributed by atoms with Crippen molar-refractivity contribution in [3.05, 3.63) is 35.4 Å². The Morgan fingerprint density at radius 3 is 2.77 bits per heavy atom. The Bertz CT molecular complexity index is 769. The topological polar surface area (TPSA) is 105 Å². The number of carbonyl (C=O) groups excluding carboxylic acids is 1. The highest BCUT2D eigenvalue weighted by atomic mass is 32.2. The van der Waals surface area contributed by atoms with Crippen LogP contribution in [0.2, 0.25) is 0 Å². The second-order valence-electron chi connectivity index (χ2n) is 4.84. The normalized spacial score (nSPS) is 17.0. The summed E-state index contributed by atoms with van der Waals surface area (Å²) in [4.78, 5) is 18.4. The van der Waals surface area contributed by atoms with Gasteiger partial charge in [-0.2, -0.15) is 0 Å². The molecule has 0 spiro atoms. The minimum atomic E-state index is -3.72. The van der Waals surface area contributed by atoms with Gasteiger partial charge in [0.15, 0.2) is 5.17 Å². The van der Waals surface area contributed by atoms with Crippen LogP contribution in [0.3, 0.4) is 0 Å². The van der Waals surface area contributed by atoms with Crippen molar-refractivity contribution in [2.75, 3.05) is 18.4 Å². The van der Waals surface area contributed by atoms with Crippen molar-refractivity contribution in [1.29, 1.82) is 0 Å². The number of rotatable bonds is 4. The summed E-state index contributed by atoms with van der Waals surface area (Å²) >= 11 is 1.53. The molecule has 0 fully saturated rings. The van der Waals surface area contributed by atoms with Crippen LogP contribution in [0.1, 0.15) is 6.42 Å². The standard InChI is InChI=1S/C13H14N4O3S2/c14-22(19,20)11-3-1-9(2-4-11)16-12(18)7-10-8-21-13-15-5-6-17(10)13/h1-4,8H,5-7H2,(H,16,18)(H2,14,19,20). The third-order valence-electron chi connectivity index (χ3n) is 3.26. The van der Waals surface area contributed by atoms with Crippen molar-refractivity contribution in [3.63, 3.8) is 0 Å². The van der Waals surface area contributed by atoms with Gasteiger partial charge in [0, 0.05) is 17.9 Å². The van der Waals surface area contributed by atoms with E-state index in [9.17, 15) is 13.2 Å². The number of thioether (sulfide) groups is 1. The number of nitrogens with two attached hydrogens (primary N) is 1. The number of amidine groups is 1. The zero-order chi connectivity index (χ0) is 15.7. The highest BCUT2D eigenvalue weighted by molar-refractivity contribution is 8.16. The summed E-state index contributed by atoms with van der Waals surface area (Å²) < 4.78 is 22.3. The minimum absolute atomic E-state index is 0.0123. The SMILES string of the molecule is NS(=O)(=O)c1ccc(NC(=O)CC2=CSC3=NCCN23)cc1. The summed E-state index contributed by atoms with van der Waals surface area (Å²) in [7, 11) is -3.72. The molecule has 3 N–H and O–H groups in total. The lowest BCUT2D eigenvalue weighted by Crippen LogP contribution is -2.24. The van der Waals surface area contributed by atoms with Gasteiger partial charge in [0.25, 0.3) is 0 Å². The van der Waals surface area contributed by atoms with E-state index in [4.69, 9.17) is 5.14 Å². The van der Waals surface area contributed by atoms with Gasteiger partial charge in [-0.1, -0.05) is 11.8 Å². The maximum absolute atomic E-state index is 12.1. The summed E-state index contributed by atoms with van der Waals surface area (Å²) in [5.74, 6) is -0.164. The molecule has 2 heterocycles. The molecule has 0 aliphatic carbocycles. The van der Waals surface area contributed by atoms with Crippen LogP contribution < -0.4 is 10.5 Å². The molecular formula is C13H14N4O3S2. The number of sulfonamides is 1. The Morgan fingerprint density at radius 2 is 2.09 bits per heavy atom. The number of carbonyl (C=O) groups is 1. The van der Waals surface area contributed by atoms with Crippen molar-refractivity contribution >= 4 is 38.5 Å². The van der Waals surface area contributed by atoms with E-state index in [2.05, 4.69) is 10.3 Å². The molecule has 7 nitrogen and oxygen atoms in total. The van der Waals surface area contributed by atoms with Crippen molar-refractivity contribution < 1.29 is 13.2 Å². The molecule has 0 unspecified atom stereocenters. The molecule has 3 rings (SSSR count). The summed E-state index contributed by atoms with van der Waals surface area (Å²) in [6.07, 6.45) is 0.253. The van der Waals surface area contributed by atoms with Gasteiger partial charge in [0.05, 0.1) is 17.9 Å². The van der Waals surface area contributed by atoms with Gasteiger partial charge in [0.2, 0.25) is 15.9 Å². The van der Waals surface area contributed by atoms with E-state index < -0.39 is 10.0 Å². The van der Waals surface area contributed by atoms with E-state index in [1.54, 1.807) is 0 Å². The fraction of sp³-hybridized carbons (Fsp3) is 0.231. The quantitative estimate of drug-likeness (QED) is 0.849. The van der Waals surface area contributed by atoms with E-state index in [-0.39, 0.29) is 17.2 Å². The number of hydrogen-bond acceptors (Lipinski definition) is 6. The van der Waals surface area contributed by atoms with Gasteiger partial charge in [-0.25, -0.2) is 13.6 Å². The first-order valence-electron chi connectivity index (χ1n) is 6.54. The molecule has 0 aromatic heterocycles. The maximum Gasteiger partial charge on any atom is 0.238 e. The Labute approximate surface area is 132 Å². The molecule has 116 valence electrons. The molecule has 0 radical (unpaired) electrons. The summed E-state index contributed by atoms with van der Waals surface area (Å²) in [6.45, 7) is 1.57. The molecular weight excluding hydrogens is 324 g/mol. The number of amides is 1. The predicted octanol–water partition coefficient (Wildman–Crippen LogP) is 0.922. The van der Waals surface area contributed by atoms with Crippen LogP contribution in [0.5, 0.6) is 0 Å². The molecule has 2 aliphatic rings. The number of hydrogen-bond donors (Lipinski definition) is 2. The first kappa shape index (κ1) is 15.1. The van der Waals surface area contributed by atoms with Crippen LogP contribution >= 0.6 is 11.8 Å². The average Bonchev–Trinajstić information content (AvgIpc) is 3.03. The Balaban J connectivity index is 1.62. The highest BCUT2D eigenvalue weighted by Gasteiger charge is 2.27. The molecule has 0 saturated carbocycles. The lowest BCUT2D eigenvalue weighted by Gasteiger charge is -2.16. The highest BCUT2D eigenvalue weighted by Crippen LogP contribution is 2.30. The van der Waals surface area contributed by atoms with Crippen LogP contribution in [-0.4, -0.2) is 37.5 Å². The van der Waals surface area contributed by atoms with Crippen LogP contribution in [-0.2, 0) is 14.8 Å². The van der Waals surface area contributed by atoms with Gasteiger partial charge in [0.1, 0.15) is 0 Å². The summed E-state index contributed by atoms with van der Waals surface area (Å²) in [5.41, 5.74) is 1.46. The van der Waals surface area contributed by atoms with Gasteiger partial charge < -0.3 is 10.2 Å². The minimum Gasteiger partial charge on any atom is -0.326 e. The van der Waals surface area contributed by atoms with Crippen molar-refractivity contribution in [3.8, 4) is 0 Å². The molecule has 0 saturated heterocycles. The van der Waals surface area contributed by atoms with Gasteiger partial charge in [-0.15, -0.1) is 0 Å². The lowest BCUT2D eigenvalue weighted by atomic mass is 10.2. The monoisotopic (exact) mass is 338 g/mol. The Kier molecular flexibility index (Phi) is 3.94. The zero-order valence-electron chi connectivity index (χ0n) is 11.5. The van der Waals surface area contributed by atoms with Crippen molar-refractivity contribution in [1.82, 2.24) is 4.90 Å². The van der Waals surface area contributed by atoms with Gasteiger partial charge in [-0.3, -0.25) is 9.79 Å². The van der Waals surface area contributed by atoms with Crippen molar-refractivity contribution in [2.24, 2.45) is 10.1 Å². The first-order chi connectivity index (χ1) is 10.4. The van der Waals surface area contributed by atoms with Gasteiger partial charge in [-0.05, 0) is 29.7 Å². The van der Waals surface area contributed by atoms with E-state index in [1.165, 1.54) is 36.0 Å². The molecule has 22 heavy (non-hydrogen) atoms. The van der Waals surface area contributed by atoms with Crippen LogP contribution in [0.15, 0.2) is 45.3 Å². The predicted molar refractivity (Wildman–Crippen MR) is 85.7 cm³/mol. The number of primary sulfonamides is 1. The number of nitrogens with one attached hydrogen (secondary N) is 1. The van der Waals surface area contributed by atoms with E-state index >= 15 is 0 Å². The molecule has 0 atom stereocenters. The van der Waals surface area contributed by atoms with Crippen LogP contribution in [0.25, 0.3) is 0 Å². The number of nitrogens with zero attached hydrogens (tertiary/aromatic N) is 2. The van der Waals surface area contributed by atoms with E-state index in [0.29, 0.717) is 5.69 Å². The molecule has 1 amide bonds. The molecule has 1 aromatic carbocycles. The average molecular weight is 338 g/mol. The third kappa shape index (κ3) is 3.16. The van der Waals surface area contributed by atoms with Gasteiger partial charge >= 0.3 is 0 Å². The van der Waals surface area contributed by atoms with Crippen LogP contribution in [0.4, 0.5) is 5.69 Å². The molecule has 2 aliphatic heterocycles. The fourth-order valence-corrected chi connectivity index (χ4v) is 3.68. The number of anilines is 1. The van der Waals surface area contributed by atoms with E-state index in [0.717, 1.165) is 24.0 Å². The summed E-state index contributed by atoms with van der Waals surface area (Å²) in [5, 5.41) is 10.6. The summed E-state index contributed by atoms with van der Waals surface area (Å²) in [6, 6.07) is 5.75. The van der Waals surface area contributed by atoms with Crippen LogP contribution in [0, 0.1) is 0 Å². The first-order valence-corrected chi connectivity index (χ1v) is 8.96. The fourth-order valence-electron chi connectivity index (χ4n) is 2.21. The maximum atomic E-state index is 12.1. The molecule has 0 bridgehead atoms. The van der Waals surface area contributed by atoms with E-state index in [1.807, 2.05) is 10.3 Å². The number of fused-ring (bicyclic) bond motifs is 1. The largest absolute Gasteiger partial charge is 0.326 e. The number of benzene rings is 1. The second-order valence-corrected chi connectivity index (χ2v) is 7.24. The smallest absolute Gasteiger partial charge is 0.238 e. The Morgan fingerprint density at radius 1 is 1.36 bits per heavy atom. The lowest BCUT2D eigenvalue weighted by molar-refractivity contribution is -0.115.